The summed E-state index contributed by atoms with van der Waals surface area (Å²) in [5.74, 6) is 0.435. The van der Waals surface area contributed by atoms with Crippen LogP contribution in [0.5, 0.6) is 0 Å². The number of halogens is 1. The monoisotopic (exact) mass is 418 g/mol. The maximum Gasteiger partial charge on any atom is 0.414 e. The fourth-order valence-electron chi connectivity index (χ4n) is 3.93. The van der Waals surface area contributed by atoms with Crippen LogP contribution < -0.4 is 10.2 Å². The Morgan fingerprint density at radius 3 is 2.57 bits per heavy atom. The van der Waals surface area contributed by atoms with E-state index in [1.54, 1.807) is 17.0 Å². The molecule has 2 aromatic rings. The van der Waals surface area contributed by atoms with E-state index in [1.807, 2.05) is 12.1 Å². The molecule has 1 saturated carbocycles. The number of carbonyl (C=O) groups excluding carboxylic acids is 2. The van der Waals surface area contributed by atoms with Gasteiger partial charge in [-0.25, -0.2) is 4.79 Å². The minimum absolute atomic E-state index is 0.205. The first kappa shape index (κ1) is 19.3. The van der Waals surface area contributed by atoms with Crippen molar-refractivity contribution in [3.8, 4) is 0 Å². The number of thiophene rings is 1. The minimum Gasteiger partial charge on any atom is -0.442 e. The van der Waals surface area contributed by atoms with Crippen molar-refractivity contribution in [1.29, 1.82) is 0 Å². The lowest BCUT2D eigenvalue weighted by Gasteiger charge is -2.22. The molecule has 0 spiro atoms. The summed E-state index contributed by atoms with van der Waals surface area (Å²) in [7, 11) is 0. The van der Waals surface area contributed by atoms with Crippen molar-refractivity contribution in [3.05, 3.63) is 51.2 Å². The standard InChI is InChI=1S/C21H23ClN2O3S/c22-19-11-10-18(28-19)20(25)23-12-17-13-24(21(26)27-17)16-8-6-15(7-9-16)14-4-2-1-3-5-14/h6-11,14,17H,1-5,12-13H2,(H,23,25). The smallest absolute Gasteiger partial charge is 0.414 e. The van der Waals surface area contributed by atoms with Gasteiger partial charge in [-0.2, -0.15) is 0 Å². The van der Waals surface area contributed by atoms with Crippen molar-refractivity contribution < 1.29 is 14.3 Å². The SMILES string of the molecule is O=C(NCC1CN(c2ccc(C3CCCCC3)cc2)C(=O)O1)c1ccc(Cl)s1. The molecule has 1 N–H and O–H groups in total. The minimum atomic E-state index is -0.371. The Balaban J connectivity index is 1.33. The quantitative estimate of drug-likeness (QED) is 0.725. The van der Waals surface area contributed by atoms with E-state index in [-0.39, 0.29) is 24.6 Å². The van der Waals surface area contributed by atoms with Gasteiger partial charge in [0.25, 0.3) is 5.91 Å². The molecule has 5 nitrogen and oxygen atoms in total. The molecule has 1 atom stereocenters. The number of cyclic esters (lactones) is 1. The highest BCUT2D eigenvalue weighted by atomic mass is 35.5. The van der Waals surface area contributed by atoms with Crippen molar-refractivity contribution in [2.75, 3.05) is 18.0 Å². The molecule has 148 valence electrons. The van der Waals surface area contributed by atoms with Crippen LogP contribution in [0.3, 0.4) is 0 Å². The highest BCUT2D eigenvalue weighted by Gasteiger charge is 2.32. The molecule has 2 fully saturated rings. The molecular formula is C21H23ClN2O3S. The number of hydrogen-bond donors (Lipinski definition) is 1. The van der Waals surface area contributed by atoms with E-state index in [0.29, 0.717) is 21.7 Å². The molecule has 1 unspecified atom stereocenters. The normalized spacial score (nSPS) is 20.2. The zero-order chi connectivity index (χ0) is 19.5. The van der Waals surface area contributed by atoms with Crippen LogP contribution in [0.25, 0.3) is 0 Å². The highest BCUT2D eigenvalue weighted by Crippen LogP contribution is 2.33. The summed E-state index contributed by atoms with van der Waals surface area (Å²) in [6, 6.07) is 11.6. The molecule has 1 aliphatic heterocycles. The van der Waals surface area contributed by atoms with Gasteiger partial charge in [-0.15, -0.1) is 11.3 Å². The first-order valence-corrected chi connectivity index (χ1v) is 10.9. The molecule has 7 heteroatoms. The fourth-order valence-corrected chi connectivity index (χ4v) is 4.89. The topological polar surface area (TPSA) is 58.6 Å². The van der Waals surface area contributed by atoms with Crippen LogP contribution in [-0.2, 0) is 4.74 Å². The molecule has 2 amide bonds. The largest absolute Gasteiger partial charge is 0.442 e. The number of carbonyl (C=O) groups is 2. The van der Waals surface area contributed by atoms with Gasteiger partial charge in [0.1, 0.15) is 6.10 Å². The Kier molecular flexibility index (Phi) is 5.87. The molecule has 28 heavy (non-hydrogen) atoms. The lowest BCUT2D eigenvalue weighted by molar-refractivity contribution is 0.0920. The van der Waals surface area contributed by atoms with Gasteiger partial charge in [-0.3, -0.25) is 9.69 Å². The van der Waals surface area contributed by atoms with Crippen molar-refractivity contribution in [2.45, 2.75) is 44.1 Å². The lowest BCUT2D eigenvalue weighted by atomic mass is 9.84. The molecule has 1 aromatic carbocycles. The average molecular weight is 419 g/mol. The Labute approximate surface area is 173 Å². The summed E-state index contributed by atoms with van der Waals surface area (Å²) in [5, 5.41) is 2.81. The van der Waals surface area contributed by atoms with E-state index in [2.05, 4.69) is 17.4 Å². The number of rotatable bonds is 5. The average Bonchev–Trinajstić information content (AvgIpc) is 3.32. The third-order valence-electron chi connectivity index (χ3n) is 5.44. The van der Waals surface area contributed by atoms with Gasteiger partial charge in [0, 0.05) is 5.69 Å². The molecule has 1 aliphatic carbocycles. The summed E-state index contributed by atoms with van der Waals surface area (Å²) in [6.07, 6.45) is 5.70. The first-order valence-electron chi connectivity index (χ1n) is 9.72. The zero-order valence-electron chi connectivity index (χ0n) is 15.5. The van der Waals surface area contributed by atoms with Crippen LogP contribution in [0.1, 0.15) is 53.3 Å². The van der Waals surface area contributed by atoms with E-state index >= 15 is 0 Å². The van der Waals surface area contributed by atoms with E-state index in [4.69, 9.17) is 16.3 Å². The predicted octanol–water partition coefficient (Wildman–Crippen LogP) is 5.20. The van der Waals surface area contributed by atoms with E-state index < -0.39 is 0 Å². The molecule has 2 aliphatic rings. The Hall–Kier alpha value is -2.05. The van der Waals surface area contributed by atoms with Gasteiger partial charge >= 0.3 is 6.09 Å². The predicted molar refractivity (Wildman–Crippen MR) is 112 cm³/mol. The van der Waals surface area contributed by atoms with Crippen molar-refractivity contribution in [1.82, 2.24) is 5.32 Å². The van der Waals surface area contributed by atoms with E-state index in [0.717, 1.165) is 5.69 Å². The third-order valence-corrected chi connectivity index (χ3v) is 6.67. The van der Waals surface area contributed by atoms with Crippen LogP contribution in [0.2, 0.25) is 4.34 Å². The van der Waals surface area contributed by atoms with E-state index in [1.165, 1.54) is 49.0 Å². The molecule has 1 saturated heterocycles. The summed E-state index contributed by atoms with van der Waals surface area (Å²) < 4.78 is 5.99. The maximum absolute atomic E-state index is 12.3. The van der Waals surface area contributed by atoms with Crippen molar-refractivity contribution in [3.63, 3.8) is 0 Å². The second-order valence-electron chi connectivity index (χ2n) is 7.36. The van der Waals surface area contributed by atoms with Gasteiger partial charge in [0.15, 0.2) is 0 Å². The number of nitrogens with zero attached hydrogens (tertiary/aromatic N) is 1. The fraction of sp³-hybridized carbons (Fsp3) is 0.429. The van der Waals surface area contributed by atoms with Crippen LogP contribution in [-0.4, -0.2) is 31.2 Å². The lowest BCUT2D eigenvalue weighted by Crippen LogP contribution is -2.34. The Bertz CT molecular complexity index is 846. The highest BCUT2D eigenvalue weighted by molar-refractivity contribution is 7.17. The number of anilines is 1. The van der Waals surface area contributed by atoms with Crippen LogP contribution in [0.15, 0.2) is 36.4 Å². The van der Waals surface area contributed by atoms with Gasteiger partial charge in [-0.05, 0) is 48.6 Å². The number of ether oxygens (including phenoxy) is 1. The first-order chi connectivity index (χ1) is 13.6. The third kappa shape index (κ3) is 4.33. The maximum atomic E-state index is 12.3. The van der Waals surface area contributed by atoms with Gasteiger partial charge in [-0.1, -0.05) is 43.0 Å². The summed E-state index contributed by atoms with van der Waals surface area (Å²) in [6.45, 7) is 0.698. The molecule has 1 aromatic heterocycles. The Morgan fingerprint density at radius 2 is 1.89 bits per heavy atom. The second kappa shape index (κ2) is 8.53. The van der Waals surface area contributed by atoms with E-state index in [9.17, 15) is 9.59 Å². The summed E-state index contributed by atoms with van der Waals surface area (Å²) in [5.41, 5.74) is 2.19. The van der Waals surface area contributed by atoms with Crippen LogP contribution >= 0.6 is 22.9 Å². The van der Waals surface area contributed by atoms with Crippen LogP contribution in [0.4, 0.5) is 10.5 Å². The Morgan fingerprint density at radius 1 is 1.14 bits per heavy atom. The van der Waals surface area contributed by atoms with Gasteiger partial charge in [0.05, 0.1) is 22.3 Å². The molecule has 0 bridgehead atoms. The number of benzene rings is 1. The van der Waals surface area contributed by atoms with Gasteiger partial charge < -0.3 is 10.1 Å². The summed E-state index contributed by atoms with van der Waals surface area (Å²) >= 11 is 7.09. The van der Waals surface area contributed by atoms with Crippen molar-refractivity contribution in [2.24, 2.45) is 0 Å². The molecule has 0 radical (unpaired) electrons. The second-order valence-corrected chi connectivity index (χ2v) is 9.07. The number of amides is 2. The zero-order valence-corrected chi connectivity index (χ0v) is 17.1. The van der Waals surface area contributed by atoms with Crippen molar-refractivity contribution >= 4 is 40.6 Å². The van der Waals surface area contributed by atoms with Crippen LogP contribution in [0, 0.1) is 0 Å². The summed E-state index contributed by atoms with van der Waals surface area (Å²) in [4.78, 5) is 26.6. The molecular weight excluding hydrogens is 396 g/mol. The molecule has 4 rings (SSSR count). The number of hydrogen-bond acceptors (Lipinski definition) is 4. The molecule has 2 heterocycles. The number of nitrogens with one attached hydrogen (secondary N) is 1. The van der Waals surface area contributed by atoms with Gasteiger partial charge in [0.2, 0.25) is 0 Å².